The van der Waals surface area contributed by atoms with Crippen LogP contribution in [0.15, 0.2) is 42.5 Å². The Morgan fingerprint density at radius 2 is 1.76 bits per heavy atom. The van der Waals surface area contributed by atoms with Crippen molar-refractivity contribution in [1.82, 2.24) is 4.90 Å². The van der Waals surface area contributed by atoms with E-state index in [9.17, 15) is 13.2 Å². The number of amides is 1. The van der Waals surface area contributed by atoms with E-state index in [1.54, 1.807) is 12.1 Å². The molecule has 1 atom stereocenters. The molecule has 0 bridgehead atoms. The zero-order valence-electron chi connectivity index (χ0n) is 17.1. The summed E-state index contributed by atoms with van der Waals surface area (Å²) in [5.41, 5.74) is 4.68. The molecule has 2 aliphatic heterocycles. The summed E-state index contributed by atoms with van der Waals surface area (Å²) in [5.74, 6) is 0.0159. The van der Waals surface area contributed by atoms with Crippen molar-refractivity contribution in [3.63, 3.8) is 0 Å². The first-order valence-electron chi connectivity index (χ1n) is 9.97. The average molecular weight is 414 g/mol. The fourth-order valence-electron chi connectivity index (χ4n) is 4.42. The molecule has 0 spiro atoms. The van der Waals surface area contributed by atoms with Crippen molar-refractivity contribution in [3.05, 3.63) is 59.2 Å². The number of sulfonamides is 1. The van der Waals surface area contributed by atoms with Crippen LogP contribution in [-0.4, -0.2) is 57.7 Å². The molecular weight excluding hydrogens is 386 g/mol. The number of aryl methyl sites for hydroxylation is 1. The van der Waals surface area contributed by atoms with Crippen LogP contribution >= 0.6 is 0 Å². The van der Waals surface area contributed by atoms with E-state index in [-0.39, 0.29) is 11.9 Å². The van der Waals surface area contributed by atoms with Crippen molar-refractivity contribution in [2.24, 2.45) is 0 Å². The largest absolute Gasteiger partial charge is 0.368 e. The van der Waals surface area contributed by atoms with E-state index in [0.29, 0.717) is 30.8 Å². The summed E-state index contributed by atoms with van der Waals surface area (Å²) < 4.78 is 25.6. The Bertz CT molecular complexity index is 1040. The highest BCUT2D eigenvalue weighted by molar-refractivity contribution is 7.92. The van der Waals surface area contributed by atoms with Gasteiger partial charge in [0.15, 0.2) is 0 Å². The van der Waals surface area contributed by atoms with Crippen molar-refractivity contribution in [2.45, 2.75) is 26.3 Å². The van der Waals surface area contributed by atoms with E-state index in [0.717, 1.165) is 18.7 Å². The van der Waals surface area contributed by atoms with Crippen LogP contribution in [-0.2, 0) is 16.4 Å². The standard InChI is InChI=1S/C22H27N3O3S/c1-16-5-4-6-20(13-16)23-9-11-24(12-10-23)22(26)18-7-8-21-19(15-18)14-17(2)25(21)29(3,27)28/h4-8,13,15,17H,9-12,14H2,1-3H3. The maximum atomic E-state index is 13.0. The highest BCUT2D eigenvalue weighted by atomic mass is 32.2. The number of piperazine rings is 1. The van der Waals surface area contributed by atoms with Gasteiger partial charge in [0, 0.05) is 43.5 Å². The van der Waals surface area contributed by atoms with Crippen molar-refractivity contribution in [2.75, 3.05) is 41.6 Å². The molecule has 2 aromatic carbocycles. The molecule has 6 nitrogen and oxygen atoms in total. The lowest BCUT2D eigenvalue weighted by Crippen LogP contribution is -2.48. The maximum Gasteiger partial charge on any atom is 0.253 e. The fraction of sp³-hybridized carbons (Fsp3) is 0.409. The number of hydrogen-bond acceptors (Lipinski definition) is 4. The fourth-order valence-corrected chi connectivity index (χ4v) is 5.68. The summed E-state index contributed by atoms with van der Waals surface area (Å²) in [5, 5.41) is 0. The Balaban J connectivity index is 1.47. The monoisotopic (exact) mass is 413 g/mol. The van der Waals surface area contributed by atoms with Crippen LogP contribution in [0.2, 0.25) is 0 Å². The molecular formula is C22H27N3O3S. The molecule has 1 amide bonds. The Morgan fingerprint density at radius 3 is 2.41 bits per heavy atom. The highest BCUT2D eigenvalue weighted by Crippen LogP contribution is 2.35. The van der Waals surface area contributed by atoms with Gasteiger partial charge in [0.1, 0.15) is 0 Å². The third-order valence-corrected chi connectivity index (χ3v) is 7.04. The van der Waals surface area contributed by atoms with Gasteiger partial charge in [0.25, 0.3) is 5.91 Å². The van der Waals surface area contributed by atoms with E-state index < -0.39 is 10.0 Å². The second-order valence-electron chi connectivity index (χ2n) is 8.07. The van der Waals surface area contributed by atoms with Gasteiger partial charge in [-0.15, -0.1) is 0 Å². The molecule has 7 heteroatoms. The van der Waals surface area contributed by atoms with E-state index in [1.165, 1.54) is 21.8 Å². The average Bonchev–Trinajstić information content (AvgIpc) is 3.02. The molecule has 1 saturated heterocycles. The Hall–Kier alpha value is -2.54. The van der Waals surface area contributed by atoms with Gasteiger partial charge in [-0.25, -0.2) is 8.42 Å². The molecule has 2 aliphatic rings. The Morgan fingerprint density at radius 1 is 1.03 bits per heavy atom. The lowest BCUT2D eigenvalue weighted by molar-refractivity contribution is 0.0746. The molecule has 0 saturated carbocycles. The number of carbonyl (C=O) groups is 1. The molecule has 0 aromatic heterocycles. The number of hydrogen-bond donors (Lipinski definition) is 0. The molecule has 0 aliphatic carbocycles. The number of anilines is 2. The number of rotatable bonds is 3. The van der Waals surface area contributed by atoms with Gasteiger partial charge in [-0.3, -0.25) is 9.10 Å². The number of benzene rings is 2. The van der Waals surface area contributed by atoms with E-state index in [4.69, 9.17) is 0 Å². The van der Waals surface area contributed by atoms with Crippen LogP contribution in [0.25, 0.3) is 0 Å². The molecule has 2 aromatic rings. The van der Waals surface area contributed by atoms with Crippen LogP contribution in [0.4, 0.5) is 11.4 Å². The summed E-state index contributed by atoms with van der Waals surface area (Å²) in [7, 11) is -3.32. The quantitative estimate of drug-likeness (QED) is 0.776. The third-order valence-electron chi connectivity index (χ3n) is 5.77. The van der Waals surface area contributed by atoms with Crippen molar-refractivity contribution in [1.29, 1.82) is 0 Å². The third kappa shape index (κ3) is 3.83. The van der Waals surface area contributed by atoms with Crippen LogP contribution < -0.4 is 9.21 Å². The topological polar surface area (TPSA) is 60.9 Å². The predicted molar refractivity (Wildman–Crippen MR) is 116 cm³/mol. The smallest absolute Gasteiger partial charge is 0.253 e. The molecule has 1 unspecified atom stereocenters. The van der Waals surface area contributed by atoms with Gasteiger partial charge in [-0.2, -0.15) is 0 Å². The summed E-state index contributed by atoms with van der Waals surface area (Å²) in [6.07, 6.45) is 1.86. The molecule has 0 N–H and O–H groups in total. The van der Waals surface area contributed by atoms with Crippen LogP contribution in [0.3, 0.4) is 0 Å². The normalized spacial score (nSPS) is 19.4. The first kappa shape index (κ1) is 19.8. The SMILES string of the molecule is Cc1cccc(N2CCN(C(=O)c3ccc4c(c3)CC(C)N4S(C)(=O)=O)CC2)c1. The summed E-state index contributed by atoms with van der Waals surface area (Å²) >= 11 is 0. The van der Waals surface area contributed by atoms with E-state index in [1.807, 2.05) is 17.9 Å². The summed E-state index contributed by atoms with van der Waals surface area (Å²) in [4.78, 5) is 17.2. The minimum absolute atomic E-state index is 0.0159. The molecule has 4 rings (SSSR count). The zero-order valence-corrected chi connectivity index (χ0v) is 17.9. The van der Waals surface area contributed by atoms with E-state index >= 15 is 0 Å². The minimum atomic E-state index is -3.32. The summed E-state index contributed by atoms with van der Waals surface area (Å²) in [6.45, 7) is 6.94. The Labute approximate surface area is 172 Å². The van der Waals surface area contributed by atoms with Crippen LogP contribution in [0, 0.1) is 6.92 Å². The molecule has 29 heavy (non-hydrogen) atoms. The highest BCUT2D eigenvalue weighted by Gasteiger charge is 2.33. The van der Waals surface area contributed by atoms with Gasteiger partial charge in [-0.1, -0.05) is 12.1 Å². The lowest BCUT2D eigenvalue weighted by atomic mass is 10.1. The first-order valence-corrected chi connectivity index (χ1v) is 11.8. The number of carbonyl (C=O) groups excluding carboxylic acids is 1. The zero-order chi connectivity index (χ0) is 20.8. The van der Waals surface area contributed by atoms with Gasteiger partial charge in [0.05, 0.1) is 11.9 Å². The predicted octanol–water partition coefficient (Wildman–Crippen LogP) is 2.67. The van der Waals surface area contributed by atoms with Crippen molar-refractivity contribution >= 4 is 27.3 Å². The number of fused-ring (bicyclic) bond motifs is 1. The molecule has 154 valence electrons. The maximum absolute atomic E-state index is 13.0. The second-order valence-corrected chi connectivity index (χ2v) is 9.93. The number of nitrogens with zero attached hydrogens (tertiary/aromatic N) is 3. The van der Waals surface area contributed by atoms with Gasteiger partial charge >= 0.3 is 0 Å². The molecule has 2 heterocycles. The van der Waals surface area contributed by atoms with E-state index in [2.05, 4.69) is 36.1 Å². The van der Waals surface area contributed by atoms with Crippen LogP contribution in [0.5, 0.6) is 0 Å². The summed E-state index contributed by atoms with van der Waals surface area (Å²) in [6, 6.07) is 13.7. The first-order chi connectivity index (χ1) is 13.7. The van der Waals surface area contributed by atoms with Crippen molar-refractivity contribution < 1.29 is 13.2 Å². The van der Waals surface area contributed by atoms with Crippen molar-refractivity contribution in [3.8, 4) is 0 Å². The lowest BCUT2D eigenvalue weighted by Gasteiger charge is -2.36. The minimum Gasteiger partial charge on any atom is -0.368 e. The molecule has 1 fully saturated rings. The Kier molecular flexibility index (Phi) is 5.02. The van der Waals surface area contributed by atoms with Crippen LogP contribution in [0.1, 0.15) is 28.4 Å². The van der Waals surface area contributed by atoms with Gasteiger partial charge < -0.3 is 9.80 Å². The second kappa shape index (κ2) is 7.37. The van der Waals surface area contributed by atoms with Gasteiger partial charge in [-0.05, 0) is 61.7 Å². The van der Waals surface area contributed by atoms with Gasteiger partial charge in [0.2, 0.25) is 10.0 Å². The molecule has 0 radical (unpaired) electrons.